The number of amides is 1. The molecule has 122 valence electrons. The van der Waals surface area contributed by atoms with Gasteiger partial charge in [-0.05, 0) is 36.5 Å². The average molecular weight is 327 g/mol. The summed E-state index contributed by atoms with van der Waals surface area (Å²) in [6.45, 7) is 2.69. The van der Waals surface area contributed by atoms with Crippen LogP contribution in [0.5, 0.6) is 0 Å². The highest BCUT2D eigenvalue weighted by Crippen LogP contribution is 2.37. The highest BCUT2D eigenvalue weighted by Gasteiger charge is 2.35. The number of sulfone groups is 1. The Morgan fingerprint density at radius 3 is 2.77 bits per heavy atom. The molecule has 0 N–H and O–H groups in total. The maximum atomic E-state index is 13.4. The summed E-state index contributed by atoms with van der Waals surface area (Å²) in [5.41, 5.74) is 0.807. The lowest BCUT2D eigenvalue weighted by molar-refractivity contribution is -0.132. The standard InChI is InChI=1S/C16H22FNO3S/c1-12-8-9-18(15(19)7-4-10-22(2,20)21)16(12)13-5-3-6-14(17)11-13/h3,5-6,11-12,16H,4,7-10H2,1-2H3/t12-,16-/m1/s1. The van der Waals surface area contributed by atoms with Crippen molar-refractivity contribution in [3.8, 4) is 0 Å². The molecule has 1 heterocycles. The second-order valence-electron chi connectivity index (χ2n) is 6.09. The van der Waals surface area contributed by atoms with E-state index in [1.807, 2.05) is 6.07 Å². The van der Waals surface area contributed by atoms with E-state index in [4.69, 9.17) is 0 Å². The van der Waals surface area contributed by atoms with Crippen LogP contribution in [0.4, 0.5) is 4.39 Å². The molecule has 1 amide bonds. The molecule has 1 aromatic carbocycles. The highest BCUT2D eigenvalue weighted by atomic mass is 32.2. The molecule has 2 rings (SSSR count). The predicted octanol–water partition coefficient (Wildman–Crippen LogP) is 2.56. The number of carbonyl (C=O) groups is 1. The van der Waals surface area contributed by atoms with E-state index in [0.717, 1.165) is 12.0 Å². The lowest BCUT2D eigenvalue weighted by Gasteiger charge is -2.27. The fraction of sp³-hybridized carbons (Fsp3) is 0.562. The number of hydrogen-bond donors (Lipinski definition) is 0. The van der Waals surface area contributed by atoms with Gasteiger partial charge in [-0.3, -0.25) is 4.79 Å². The Balaban J connectivity index is 2.07. The van der Waals surface area contributed by atoms with Gasteiger partial charge < -0.3 is 4.90 Å². The van der Waals surface area contributed by atoms with Crippen molar-refractivity contribution >= 4 is 15.7 Å². The van der Waals surface area contributed by atoms with E-state index >= 15 is 0 Å². The number of nitrogens with zero attached hydrogens (tertiary/aromatic N) is 1. The second-order valence-corrected chi connectivity index (χ2v) is 8.35. The largest absolute Gasteiger partial charge is 0.335 e. The van der Waals surface area contributed by atoms with Gasteiger partial charge in [-0.25, -0.2) is 12.8 Å². The summed E-state index contributed by atoms with van der Waals surface area (Å²) in [7, 11) is -3.05. The quantitative estimate of drug-likeness (QED) is 0.835. The van der Waals surface area contributed by atoms with Crippen molar-refractivity contribution < 1.29 is 17.6 Å². The Bertz CT molecular complexity index is 645. The first-order valence-electron chi connectivity index (χ1n) is 7.50. The summed E-state index contributed by atoms with van der Waals surface area (Å²) in [5, 5.41) is 0. The summed E-state index contributed by atoms with van der Waals surface area (Å²) >= 11 is 0. The van der Waals surface area contributed by atoms with Crippen molar-refractivity contribution in [2.24, 2.45) is 5.92 Å². The van der Waals surface area contributed by atoms with Gasteiger partial charge >= 0.3 is 0 Å². The van der Waals surface area contributed by atoms with Crippen LogP contribution < -0.4 is 0 Å². The van der Waals surface area contributed by atoms with Crippen molar-refractivity contribution in [1.29, 1.82) is 0 Å². The molecule has 1 aromatic rings. The molecule has 4 nitrogen and oxygen atoms in total. The molecule has 1 fully saturated rings. The van der Waals surface area contributed by atoms with Crippen molar-refractivity contribution in [3.05, 3.63) is 35.6 Å². The van der Waals surface area contributed by atoms with Crippen molar-refractivity contribution in [1.82, 2.24) is 4.90 Å². The van der Waals surface area contributed by atoms with Crippen LogP contribution in [-0.2, 0) is 14.6 Å². The van der Waals surface area contributed by atoms with E-state index in [9.17, 15) is 17.6 Å². The van der Waals surface area contributed by atoms with E-state index < -0.39 is 9.84 Å². The molecular weight excluding hydrogens is 305 g/mol. The van der Waals surface area contributed by atoms with Crippen molar-refractivity contribution in [2.75, 3.05) is 18.6 Å². The Labute approximate surface area is 131 Å². The molecule has 0 aliphatic carbocycles. The summed E-state index contributed by atoms with van der Waals surface area (Å²) < 4.78 is 35.7. The first-order chi connectivity index (χ1) is 10.3. The third-order valence-corrected chi connectivity index (χ3v) is 5.15. The van der Waals surface area contributed by atoms with Gasteiger partial charge in [0.05, 0.1) is 11.8 Å². The summed E-state index contributed by atoms with van der Waals surface area (Å²) in [6.07, 6.45) is 2.59. The zero-order chi connectivity index (χ0) is 16.3. The third kappa shape index (κ3) is 4.29. The van der Waals surface area contributed by atoms with Crippen LogP contribution in [0.3, 0.4) is 0 Å². The van der Waals surface area contributed by atoms with Gasteiger partial charge in [-0.15, -0.1) is 0 Å². The molecule has 0 spiro atoms. The molecule has 0 unspecified atom stereocenters. The summed E-state index contributed by atoms with van der Waals surface area (Å²) in [6, 6.07) is 6.24. The molecule has 1 aliphatic heterocycles. The fourth-order valence-corrected chi connectivity index (χ4v) is 3.72. The Morgan fingerprint density at radius 1 is 1.41 bits per heavy atom. The number of halogens is 1. The molecule has 0 aromatic heterocycles. The zero-order valence-electron chi connectivity index (χ0n) is 13.0. The van der Waals surface area contributed by atoms with E-state index in [0.29, 0.717) is 13.0 Å². The predicted molar refractivity (Wildman–Crippen MR) is 83.6 cm³/mol. The highest BCUT2D eigenvalue weighted by molar-refractivity contribution is 7.90. The average Bonchev–Trinajstić information content (AvgIpc) is 2.79. The maximum absolute atomic E-state index is 13.4. The first kappa shape index (κ1) is 16.9. The Morgan fingerprint density at radius 2 is 2.14 bits per heavy atom. The van der Waals surface area contributed by atoms with Crippen LogP contribution in [0, 0.1) is 11.7 Å². The molecule has 2 atom stereocenters. The SMILES string of the molecule is C[C@@H]1CCN(C(=O)CCCS(C)(=O)=O)[C@H]1c1cccc(F)c1. The molecule has 6 heteroatoms. The maximum Gasteiger partial charge on any atom is 0.223 e. The minimum Gasteiger partial charge on any atom is -0.335 e. The van der Waals surface area contributed by atoms with Gasteiger partial charge in [0.1, 0.15) is 15.7 Å². The molecular formula is C16H22FNO3S. The smallest absolute Gasteiger partial charge is 0.223 e. The number of rotatable bonds is 5. The third-order valence-electron chi connectivity index (χ3n) is 4.12. The minimum absolute atomic E-state index is 0.0206. The monoisotopic (exact) mass is 327 g/mol. The molecule has 1 aliphatic rings. The van der Waals surface area contributed by atoms with Gasteiger partial charge in [0, 0.05) is 19.2 Å². The van der Waals surface area contributed by atoms with Gasteiger partial charge in [0.2, 0.25) is 5.91 Å². The fourth-order valence-electron chi connectivity index (χ4n) is 3.05. The molecule has 0 radical (unpaired) electrons. The Kier molecular flexibility index (Phi) is 5.21. The van der Waals surface area contributed by atoms with E-state index in [1.165, 1.54) is 18.4 Å². The summed E-state index contributed by atoms with van der Waals surface area (Å²) in [4.78, 5) is 14.1. The van der Waals surface area contributed by atoms with E-state index in [1.54, 1.807) is 11.0 Å². The molecule has 1 saturated heterocycles. The topological polar surface area (TPSA) is 54.5 Å². The summed E-state index contributed by atoms with van der Waals surface area (Å²) in [5.74, 6) is -0.0729. The number of likely N-dealkylation sites (tertiary alicyclic amines) is 1. The van der Waals surface area contributed by atoms with Crippen molar-refractivity contribution in [2.45, 2.75) is 32.2 Å². The van der Waals surface area contributed by atoms with Gasteiger partial charge in [-0.1, -0.05) is 19.1 Å². The minimum atomic E-state index is -3.05. The van der Waals surface area contributed by atoms with Gasteiger partial charge in [0.25, 0.3) is 0 Å². The van der Waals surface area contributed by atoms with Crippen LogP contribution >= 0.6 is 0 Å². The number of benzene rings is 1. The second kappa shape index (κ2) is 6.77. The Hall–Kier alpha value is -1.43. The lowest BCUT2D eigenvalue weighted by Crippen LogP contribution is -2.32. The van der Waals surface area contributed by atoms with Gasteiger partial charge in [0.15, 0.2) is 0 Å². The van der Waals surface area contributed by atoms with Crippen molar-refractivity contribution in [3.63, 3.8) is 0 Å². The van der Waals surface area contributed by atoms with Crippen LogP contribution in [-0.4, -0.2) is 37.8 Å². The molecule has 0 saturated carbocycles. The van der Waals surface area contributed by atoms with Crippen LogP contribution in [0.2, 0.25) is 0 Å². The van der Waals surface area contributed by atoms with Crippen LogP contribution in [0.1, 0.15) is 37.8 Å². The number of hydrogen-bond acceptors (Lipinski definition) is 3. The van der Waals surface area contributed by atoms with E-state index in [2.05, 4.69) is 6.92 Å². The number of carbonyl (C=O) groups excluding carboxylic acids is 1. The lowest BCUT2D eigenvalue weighted by atomic mass is 9.95. The van der Waals surface area contributed by atoms with Gasteiger partial charge in [-0.2, -0.15) is 0 Å². The molecule has 22 heavy (non-hydrogen) atoms. The van der Waals surface area contributed by atoms with Crippen LogP contribution in [0.25, 0.3) is 0 Å². The molecule has 0 bridgehead atoms. The van der Waals surface area contributed by atoms with E-state index in [-0.39, 0.29) is 35.9 Å². The first-order valence-corrected chi connectivity index (χ1v) is 9.56. The van der Waals surface area contributed by atoms with Crippen LogP contribution in [0.15, 0.2) is 24.3 Å². The normalized spacial score (nSPS) is 22.0. The zero-order valence-corrected chi connectivity index (χ0v) is 13.8.